The molecule has 9 heteroatoms. The Hall–Kier alpha value is -2.29. The molecule has 2 aliphatic heterocycles. The highest BCUT2D eigenvalue weighted by Gasteiger charge is 2.31. The van der Waals surface area contributed by atoms with Crippen LogP contribution in [0.1, 0.15) is 0 Å². The van der Waals surface area contributed by atoms with Crippen molar-refractivity contribution in [2.24, 2.45) is 4.99 Å². The topological polar surface area (TPSA) is 75.8 Å². The highest BCUT2D eigenvalue weighted by Crippen LogP contribution is 2.35. The largest absolute Gasteiger partial charge is 0.403 e. The molecular formula is C15H12ClN5O2S. The minimum absolute atomic E-state index is 0.0267. The summed E-state index contributed by atoms with van der Waals surface area (Å²) in [6, 6.07) is 7.47. The molecule has 24 heavy (non-hydrogen) atoms. The molecule has 2 aliphatic rings. The molecule has 1 N–H and O–H groups in total. The predicted molar refractivity (Wildman–Crippen MR) is 93.3 cm³/mol. The Morgan fingerprint density at radius 3 is 2.92 bits per heavy atom. The number of amidine groups is 1. The van der Waals surface area contributed by atoms with Crippen LogP contribution in [0.5, 0.6) is 0 Å². The third kappa shape index (κ3) is 2.91. The van der Waals surface area contributed by atoms with Crippen LogP contribution in [0, 0.1) is 0 Å². The quantitative estimate of drug-likeness (QED) is 0.896. The number of nitrogens with one attached hydrogen (secondary N) is 1. The molecule has 0 aliphatic carbocycles. The molecule has 0 fully saturated rings. The van der Waals surface area contributed by atoms with Crippen molar-refractivity contribution in [2.45, 2.75) is 5.37 Å². The third-order valence-electron chi connectivity index (χ3n) is 3.38. The Kier molecular flexibility index (Phi) is 4.01. The summed E-state index contributed by atoms with van der Waals surface area (Å²) in [4.78, 5) is 9.81. The first-order chi connectivity index (χ1) is 11.7. The van der Waals surface area contributed by atoms with E-state index in [1.165, 1.54) is 11.8 Å². The number of nitrogens with zero attached hydrogens (tertiary/aromatic N) is 4. The molecular weight excluding hydrogens is 350 g/mol. The van der Waals surface area contributed by atoms with Crippen LogP contribution in [0.15, 0.2) is 57.7 Å². The van der Waals surface area contributed by atoms with Crippen molar-refractivity contribution in [2.75, 3.05) is 12.4 Å². The van der Waals surface area contributed by atoms with E-state index in [4.69, 9.17) is 20.9 Å². The summed E-state index contributed by atoms with van der Waals surface area (Å²) in [6.45, 7) is 0. The summed E-state index contributed by atoms with van der Waals surface area (Å²) in [5, 5.41) is 14.1. The summed E-state index contributed by atoms with van der Waals surface area (Å²) in [6.07, 6.45) is 5.67. The molecule has 1 aromatic carbocycles. The highest BCUT2D eigenvalue weighted by molar-refractivity contribution is 8.15. The second kappa shape index (κ2) is 6.31. The van der Waals surface area contributed by atoms with Gasteiger partial charge in [-0.2, -0.15) is 0 Å². The van der Waals surface area contributed by atoms with E-state index < -0.39 is 0 Å². The van der Waals surface area contributed by atoms with Crippen LogP contribution in [0.25, 0.3) is 11.5 Å². The Bertz CT molecular complexity index is 846. The van der Waals surface area contributed by atoms with Crippen molar-refractivity contribution in [1.29, 1.82) is 0 Å². The monoisotopic (exact) mass is 361 g/mol. The zero-order valence-corrected chi connectivity index (χ0v) is 14.1. The number of aromatic nitrogens is 2. The van der Waals surface area contributed by atoms with Gasteiger partial charge in [-0.3, -0.25) is 10.2 Å². The van der Waals surface area contributed by atoms with E-state index in [1.807, 2.05) is 30.5 Å². The number of rotatable bonds is 3. The SMILES string of the molecule is CON1C=CC=C2N=C(Nc3nnc(-c4ccc(Cl)cc4)o3)SC21. The molecule has 1 unspecified atom stereocenters. The Labute approximate surface area is 147 Å². The fourth-order valence-corrected chi connectivity index (χ4v) is 3.41. The van der Waals surface area contributed by atoms with Crippen LogP contribution in [0.2, 0.25) is 5.02 Å². The lowest BCUT2D eigenvalue weighted by atomic mass is 10.2. The summed E-state index contributed by atoms with van der Waals surface area (Å²) >= 11 is 7.38. The first-order valence-electron chi connectivity index (χ1n) is 7.05. The van der Waals surface area contributed by atoms with Crippen molar-refractivity contribution in [3.8, 4) is 11.5 Å². The van der Waals surface area contributed by atoms with E-state index in [9.17, 15) is 0 Å². The number of hydrogen-bond acceptors (Lipinski definition) is 8. The number of thioether (sulfide) groups is 1. The van der Waals surface area contributed by atoms with Crippen LogP contribution in [-0.2, 0) is 4.84 Å². The number of allylic oxidation sites excluding steroid dienone is 2. The first-order valence-corrected chi connectivity index (χ1v) is 8.31. The number of anilines is 1. The Balaban J connectivity index is 1.49. The van der Waals surface area contributed by atoms with E-state index in [-0.39, 0.29) is 11.4 Å². The molecule has 0 radical (unpaired) electrons. The van der Waals surface area contributed by atoms with Gasteiger partial charge in [0.05, 0.1) is 12.8 Å². The van der Waals surface area contributed by atoms with Gasteiger partial charge >= 0.3 is 6.01 Å². The van der Waals surface area contributed by atoms with Gasteiger partial charge in [0.1, 0.15) is 0 Å². The average Bonchev–Trinajstić information content (AvgIpc) is 3.22. The summed E-state index contributed by atoms with van der Waals surface area (Å²) in [5.41, 5.74) is 1.69. The zero-order valence-electron chi connectivity index (χ0n) is 12.5. The minimum Gasteiger partial charge on any atom is -0.403 e. The fraction of sp³-hybridized carbons (Fsp3) is 0.133. The Morgan fingerprint density at radius 1 is 1.29 bits per heavy atom. The van der Waals surface area contributed by atoms with Crippen LogP contribution in [0.4, 0.5) is 6.01 Å². The van der Waals surface area contributed by atoms with Gasteiger partial charge in [-0.15, -0.1) is 5.10 Å². The highest BCUT2D eigenvalue weighted by atomic mass is 35.5. The molecule has 2 aromatic rings. The van der Waals surface area contributed by atoms with Gasteiger partial charge in [0.2, 0.25) is 5.89 Å². The minimum atomic E-state index is -0.0267. The molecule has 122 valence electrons. The number of halogens is 1. The van der Waals surface area contributed by atoms with Gasteiger partial charge in [-0.05, 0) is 36.4 Å². The normalized spacial score (nSPS) is 19.1. The molecule has 0 saturated carbocycles. The summed E-state index contributed by atoms with van der Waals surface area (Å²) < 4.78 is 5.63. The second-order valence-corrected chi connectivity index (χ2v) is 6.41. The lowest BCUT2D eigenvalue weighted by molar-refractivity contribution is -0.0899. The number of hydroxylamine groups is 2. The maximum atomic E-state index is 5.88. The lowest BCUT2D eigenvalue weighted by Gasteiger charge is -2.25. The van der Waals surface area contributed by atoms with Gasteiger partial charge in [0.25, 0.3) is 0 Å². The number of aliphatic imine (C=N–C) groups is 1. The summed E-state index contributed by atoms with van der Waals surface area (Å²) in [5.74, 6) is 0.412. The van der Waals surface area contributed by atoms with Gasteiger partial charge in [0, 0.05) is 16.8 Å². The standard InChI is InChI=1S/C15H12ClN5O2S/c1-22-21-8-2-3-11-13(21)24-15(17-11)18-14-20-19-12(23-14)9-4-6-10(16)7-5-9/h2-8,13H,1H3,(H,17,18,20). The van der Waals surface area contributed by atoms with Gasteiger partial charge < -0.3 is 4.42 Å². The molecule has 0 amide bonds. The molecule has 0 saturated heterocycles. The van der Waals surface area contributed by atoms with E-state index in [0.29, 0.717) is 16.1 Å². The molecule has 1 atom stereocenters. The maximum absolute atomic E-state index is 5.88. The van der Waals surface area contributed by atoms with Crippen molar-refractivity contribution < 1.29 is 9.25 Å². The smallest absolute Gasteiger partial charge is 0.321 e. The van der Waals surface area contributed by atoms with E-state index in [1.54, 1.807) is 24.3 Å². The average molecular weight is 362 g/mol. The van der Waals surface area contributed by atoms with Gasteiger partial charge in [-0.25, -0.2) is 10.1 Å². The zero-order chi connectivity index (χ0) is 16.5. The summed E-state index contributed by atoms with van der Waals surface area (Å²) in [7, 11) is 1.62. The molecule has 3 heterocycles. The number of benzene rings is 1. The van der Waals surface area contributed by atoms with Gasteiger partial charge in [0.15, 0.2) is 10.5 Å². The first kappa shape index (κ1) is 15.3. The van der Waals surface area contributed by atoms with Gasteiger partial charge in [-0.1, -0.05) is 28.5 Å². The number of fused-ring (bicyclic) bond motifs is 1. The molecule has 7 nitrogen and oxygen atoms in total. The molecule has 4 rings (SSSR count). The second-order valence-electron chi connectivity index (χ2n) is 4.91. The molecule has 0 spiro atoms. The van der Waals surface area contributed by atoms with Crippen LogP contribution >= 0.6 is 23.4 Å². The van der Waals surface area contributed by atoms with E-state index in [0.717, 1.165) is 11.3 Å². The fourth-order valence-electron chi connectivity index (χ4n) is 2.26. The van der Waals surface area contributed by atoms with Crippen molar-refractivity contribution in [3.05, 3.63) is 53.3 Å². The Morgan fingerprint density at radius 2 is 2.12 bits per heavy atom. The van der Waals surface area contributed by atoms with E-state index >= 15 is 0 Å². The number of hydrogen-bond donors (Lipinski definition) is 1. The van der Waals surface area contributed by atoms with Crippen molar-refractivity contribution in [1.82, 2.24) is 15.3 Å². The predicted octanol–water partition coefficient (Wildman–Crippen LogP) is 3.51. The van der Waals surface area contributed by atoms with Crippen LogP contribution < -0.4 is 5.32 Å². The van der Waals surface area contributed by atoms with Crippen molar-refractivity contribution in [3.63, 3.8) is 0 Å². The van der Waals surface area contributed by atoms with Crippen LogP contribution in [0.3, 0.4) is 0 Å². The molecule has 1 aromatic heterocycles. The maximum Gasteiger partial charge on any atom is 0.321 e. The molecule has 0 bridgehead atoms. The third-order valence-corrected chi connectivity index (χ3v) is 4.72. The van der Waals surface area contributed by atoms with Crippen molar-refractivity contribution >= 4 is 34.5 Å². The van der Waals surface area contributed by atoms with Crippen LogP contribution in [-0.4, -0.2) is 32.9 Å². The lowest BCUT2D eigenvalue weighted by Crippen LogP contribution is -2.28. The van der Waals surface area contributed by atoms with E-state index in [2.05, 4.69) is 20.5 Å².